The second-order valence-electron chi connectivity index (χ2n) is 8.17. The number of benzene rings is 1. The Labute approximate surface area is 135 Å². The molecule has 0 saturated heterocycles. The van der Waals surface area contributed by atoms with Gasteiger partial charge in [0.25, 0.3) is 0 Å². The van der Waals surface area contributed by atoms with E-state index >= 15 is 0 Å². The van der Waals surface area contributed by atoms with Gasteiger partial charge in [-0.3, -0.25) is 0 Å². The van der Waals surface area contributed by atoms with E-state index in [0.29, 0.717) is 0 Å². The van der Waals surface area contributed by atoms with Gasteiger partial charge >= 0.3 is 0 Å². The standard InChI is InChI=1S/C17H30N2O2S/c1-12-8-10-13(11-9-12)22(20,21)19-15(17(5,6)7)14(18)16(2,3)4/h8-11,14-15,19H,18H2,1-7H3/t14-,15-/m1/s1. The summed E-state index contributed by atoms with van der Waals surface area (Å²) in [7, 11) is -3.59. The quantitative estimate of drug-likeness (QED) is 0.893. The number of aryl methyl sites for hydroxylation is 1. The molecule has 22 heavy (non-hydrogen) atoms. The zero-order valence-electron chi connectivity index (χ0n) is 14.8. The van der Waals surface area contributed by atoms with E-state index in [-0.39, 0.29) is 27.8 Å². The minimum absolute atomic E-state index is 0.201. The fourth-order valence-electron chi connectivity index (χ4n) is 2.24. The van der Waals surface area contributed by atoms with Crippen LogP contribution >= 0.6 is 0 Å². The number of nitrogens with one attached hydrogen (secondary N) is 1. The van der Waals surface area contributed by atoms with E-state index in [1.54, 1.807) is 24.3 Å². The zero-order chi connectivity index (χ0) is 17.3. The molecule has 0 radical (unpaired) electrons. The maximum Gasteiger partial charge on any atom is 0.240 e. The molecule has 0 spiro atoms. The maximum absolute atomic E-state index is 12.7. The van der Waals surface area contributed by atoms with Crippen molar-refractivity contribution in [1.82, 2.24) is 4.72 Å². The van der Waals surface area contributed by atoms with Gasteiger partial charge in [-0.25, -0.2) is 13.1 Å². The largest absolute Gasteiger partial charge is 0.326 e. The van der Waals surface area contributed by atoms with Crippen molar-refractivity contribution in [1.29, 1.82) is 0 Å². The van der Waals surface area contributed by atoms with Crippen molar-refractivity contribution in [2.24, 2.45) is 16.6 Å². The van der Waals surface area contributed by atoms with Gasteiger partial charge in [-0.15, -0.1) is 0 Å². The van der Waals surface area contributed by atoms with Crippen LogP contribution in [0.1, 0.15) is 47.1 Å². The summed E-state index contributed by atoms with van der Waals surface area (Å²) in [4.78, 5) is 0.272. The molecule has 126 valence electrons. The number of hydrogen-bond donors (Lipinski definition) is 2. The molecule has 5 heteroatoms. The second kappa shape index (κ2) is 6.30. The summed E-state index contributed by atoms with van der Waals surface area (Å²) in [5.74, 6) is 0. The maximum atomic E-state index is 12.7. The monoisotopic (exact) mass is 326 g/mol. The normalized spacial score (nSPS) is 16.4. The number of hydrogen-bond acceptors (Lipinski definition) is 3. The summed E-state index contributed by atoms with van der Waals surface area (Å²) in [5, 5.41) is 0. The Kier molecular flexibility index (Phi) is 5.48. The summed E-state index contributed by atoms with van der Waals surface area (Å²) in [5.41, 5.74) is 6.90. The van der Waals surface area contributed by atoms with Gasteiger partial charge in [-0.1, -0.05) is 59.2 Å². The van der Waals surface area contributed by atoms with E-state index in [2.05, 4.69) is 4.72 Å². The average Bonchev–Trinajstić information content (AvgIpc) is 2.33. The molecule has 0 saturated carbocycles. The van der Waals surface area contributed by atoms with E-state index in [1.807, 2.05) is 48.5 Å². The molecule has 0 aliphatic rings. The van der Waals surface area contributed by atoms with Crippen LogP contribution in [-0.2, 0) is 10.0 Å². The fourth-order valence-corrected chi connectivity index (χ4v) is 3.71. The highest BCUT2D eigenvalue weighted by Gasteiger charge is 2.39. The first kappa shape index (κ1) is 19.1. The Bertz CT molecular complexity index is 593. The first-order valence-electron chi connectivity index (χ1n) is 7.60. The van der Waals surface area contributed by atoms with Gasteiger partial charge in [-0.05, 0) is 29.9 Å². The third kappa shape index (κ3) is 4.80. The summed E-state index contributed by atoms with van der Waals surface area (Å²) < 4.78 is 28.2. The van der Waals surface area contributed by atoms with Crippen molar-refractivity contribution in [3.05, 3.63) is 29.8 Å². The van der Waals surface area contributed by atoms with Crippen LogP contribution in [0.3, 0.4) is 0 Å². The lowest BCUT2D eigenvalue weighted by atomic mass is 9.74. The Morgan fingerprint density at radius 2 is 1.41 bits per heavy atom. The van der Waals surface area contributed by atoms with E-state index in [0.717, 1.165) is 5.56 Å². The molecule has 2 atom stereocenters. The molecule has 1 aromatic carbocycles. The molecule has 4 nitrogen and oxygen atoms in total. The lowest BCUT2D eigenvalue weighted by Crippen LogP contribution is -2.59. The predicted octanol–water partition coefficient (Wildman–Crippen LogP) is 3.06. The molecule has 0 aromatic heterocycles. The summed E-state index contributed by atoms with van der Waals surface area (Å²) in [6, 6.07) is 6.18. The SMILES string of the molecule is Cc1ccc(S(=O)(=O)N[C@H]([C@@H](N)C(C)(C)C)C(C)(C)C)cc1. The zero-order valence-corrected chi connectivity index (χ0v) is 15.6. The van der Waals surface area contributed by atoms with E-state index < -0.39 is 10.0 Å². The fraction of sp³-hybridized carbons (Fsp3) is 0.647. The van der Waals surface area contributed by atoms with Gasteiger partial charge in [0.1, 0.15) is 0 Å². The Hall–Kier alpha value is -0.910. The molecule has 0 heterocycles. The molecule has 1 aromatic rings. The van der Waals surface area contributed by atoms with Crippen molar-refractivity contribution < 1.29 is 8.42 Å². The Morgan fingerprint density at radius 1 is 0.955 bits per heavy atom. The molecule has 0 bridgehead atoms. The third-order valence-corrected chi connectivity index (χ3v) is 5.36. The van der Waals surface area contributed by atoms with E-state index in [9.17, 15) is 8.42 Å². The van der Waals surface area contributed by atoms with E-state index in [4.69, 9.17) is 5.73 Å². The van der Waals surface area contributed by atoms with E-state index in [1.165, 1.54) is 0 Å². The molecule has 0 unspecified atom stereocenters. The van der Waals surface area contributed by atoms with Crippen molar-refractivity contribution >= 4 is 10.0 Å². The minimum Gasteiger partial charge on any atom is -0.326 e. The number of rotatable bonds is 4. The lowest BCUT2D eigenvalue weighted by Gasteiger charge is -2.41. The first-order chi connectivity index (χ1) is 9.75. The summed E-state index contributed by atoms with van der Waals surface area (Å²) >= 11 is 0. The third-order valence-electron chi connectivity index (χ3n) is 3.91. The summed E-state index contributed by atoms with van der Waals surface area (Å²) in [6.07, 6.45) is 0. The van der Waals surface area contributed by atoms with Crippen molar-refractivity contribution in [2.75, 3.05) is 0 Å². The second-order valence-corrected chi connectivity index (χ2v) is 9.88. The van der Waals surface area contributed by atoms with Crippen LogP contribution in [0, 0.1) is 17.8 Å². The van der Waals surface area contributed by atoms with Crippen LogP contribution in [0.15, 0.2) is 29.2 Å². The van der Waals surface area contributed by atoms with Gasteiger partial charge in [0.2, 0.25) is 10.0 Å². The average molecular weight is 327 g/mol. The molecule has 0 fully saturated rings. The molecule has 0 aliphatic carbocycles. The highest BCUT2D eigenvalue weighted by molar-refractivity contribution is 7.89. The van der Waals surface area contributed by atoms with Crippen molar-refractivity contribution in [2.45, 2.75) is 65.4 Å². The van der Waals surface area contributed by atoms with Crippen LogP contribution in [0.4, 0.5) is 0 Å². The molecule has 0 amide bonds. The van der Waals surface area contributed by atoms with Gasteiger partial charge in [0, 0.05) is 12.1 Å². The van der Waals surface area contributed by atoms with Gasteiger partial charge in [0.15, 0.2) is 0 Å². The van der Waals surface area contributed by atoms with Gasteiger partial charge in [0.05, 0.1) is 4.90 Å². The Balaban J connectivity index is 3.16. The highest BCUT2D eigenvalue weighted by Crippen LogP contribution is 2.31. The Morgan fingerprint density at radius 3 is 1.77 bits per heavy atom. The molecule has 3 N–H and O–H groups in total. The predicted molar refractivity (Wildman–Crippen MR) is 92.2 cm³/mol. The van der Waals surface area contributed by atoms with Crippen LogP contribution in [0.2, 0.25) is 0 Å². The van der Waals surface area contributed by atoms with Gasteiger partial charge < -0.3 is 5.73 Å². The van der Waals surface area contributed by atoms with Crippen LogP contribution in [0.25, 0.3) is 0 Å². The number of sulfonamides is 1. The van der Waals surface area contributed by atoms with Crippen LogP contribution in [0.5, 0.6) is 0 Å². The molecular weight excluding hydrogens is 296 g/mol. The van der Waals surface area contributed by atoms with Crippen LogP contribution < -0.4 is 10.5 Å². The molecular formula is C17H30N2O2S. The summed E-state index contributed by atoms with van der Waals surface area (Å²) in [6.45, 7) is 14.0. The minimum atomic E-state index is -3.59. The van der Waals surface area contributed by atoms with Crippen molar-refractivity contribution in [3.8, 4) is 0 Å². The highest BCUT2D eigenvalue weighted by atomic mass is 32.2. The molecule has 0 aliphatic heterocycles. The van der Waals surface area contributed by atoms with Gasteiger partial charge in [-0.2, -0.15) is 0 Å². The molecule has 1 rings (SSSR count). The van der Waals surface area contributed by atoms with Crippen LogP contribution in [-0.4, -0.2) is 20.5 Å². The van der Waals surface area contributed by atoms with Crippen molar-refractivity contribution in [3.63, 3.8) is 0 Å². The lowest BCUT2D eigenvalue weighted by molar-refractivity contribution is 0.178. The topological polar surface area (TPSA) is 72.2 Å². The first-order valence-corrected chi connectivity index (χ1v) is 9.08. The number of nitrogens with two attached hydrogens (primary N) is 1. The smallest absolute Gasteiger partial charge is 0.240 e.